The van der Waals surface area contributed by atoms with Gasteiger partial charge in [0.25, 0.3) is 0 Å². The molecule has 0 saturated heterocycles. The highest BCUT2D eigenvalue weighted by atomic mass is 32.2. The summed E-state index contributed by atoms with van der Waals surface area (Å²) in [5.74, 6) is -1.47. The van der Waals surface area contributed by atoms with Crippen LogP contribution in [-0.4, -0.2) is 49.1 Å². The van der Waals surface area contributed by atoms with Gasteiger partial charge < -0.3 is 5.11 Å². The van der Waals surface area contributed by atoms with Crippen molar-refractivity contribution < 1.29 is 22.3 Å². The zero-order valence-electron chi connectivity index (χ0n) is 13.1. The first-order chi connectivity index (χ1) is 10.2. The first kappa shape index (κ1) is 19.0. The normalized spacial score (nSPS) is 15.0. The first-order valence-electron chi connectivity index (χ1n) is 7.27. The number of halogens is 2. The Hall–Kier alpha value is -1.05. The standard InChI is InChI=1S/C15H23F2NO3S/c1-4-18(11(3)10-22(20,21)5-2)9-15(19)13-7-6-12(16)8-14(13)17/h6-8,11,15,19H,4-5,9-10H2,1-3H3. The molecule has 7 heteroatoms. The van der Waals surface area contributed by atoms with Gasteiger partial charge in [-0.2, -0.15) is 0 Å². The van der Waals surface area contributed by atoms with Crippen LogP contribution in [0.25, 0.3) is 0 Å². The van der Waals surface area contributed by atoms with E-state index in [2.05, 4.69) is 0 Å². The van der Waals surface area contributed by atoms with Crippen molar-refractivity contribution in [3.8, 4) is 0 Å². The molecule has 2 atom stereocenters. The van der Waals surface area contributed by atoms with Crippen LogP contribution in [0, 0.1) is 11.6 Å². The molecular formula is C15H23F2NO3S. The van der Waals surface area contributed by atoms with Crippen LogP contribution in [0.3, 0.4) is 0 Å². The minimum Gasteiger partial charge on any atom is -0.387 e. The Morgan fingerprint density at radius 1 is 1.27 bits per heavy atom. The number of likely N-dealkylation sites (N-methyl/N-ethyl adjacent to an activating group) is 1. The number of benzene rings is 1. The molecule has 0 spiro atoms. The number of rotatable bonds is 8. The summed E-state index contributed by atoms with van der Waals surface area (Å²) in [6.07, 6.45) is -1.15. The maximum Gasteiger partial charge on any atom is 0.151 e. The number of aliphatic hydroxyl groups excluding tert-OH is 1. The van der Waals surface area contributed by atoms with Crippen molar-refractivity contribution in [2.75, 3.05) is 24.6 Å². The van der Waals surface area contributed by atoms with Crippen molar-refractivity contribution in [1.82, 2.24) is 4.90 Å². The van der Waals surface area contributed by atoms with E-state index < -0.39 is 27.6 Å². The first-order valence-corrected chi connectivity index (χ1v) is 9.09. The van der Waals surface area contributed by atoms with Crippen molar-refractivity contribution in [3.05, 3.63) is 35.4 Å². The predicted octanol–water partition coefficient (Wildman–Crippen LogP) is 2.14. The molecule has 0 saturated carbocycles. The number of hydrogen-bond donors (Lipinski definition) is 1. The van der Waals surface area contributed by atoms with Crippen molar-refractivity contribution in [1.29, 1.82) is 0 Å². The lowest BCUT2D eigenvalue weighted by Gasteiger charge is -2.29. The lowest BCUT2D eigenvalue weighted by atomic mass is 10.1. The molecule has 126 valence electrons. The molecule has 1 aromatic carbocycles. The van der Waals surface area contributed by atoms with Crippen LogP contribution in [0.1, 0.15) is 32.4 Å². The Balaban J connectivity index is 2.80. The van der Waals surface area contributed by atoms with E-state index in [1.54, 1.807) is 18.7 Å². The van der Waals surface area contributed by atoms with E-state index in [1.807, 2.05) is 6.92 Å². The van der Waals surface area contributed by atoms with Crippen molar-refractivity contribution in [2.45, 2.75) is 32.9 Å². The quantitative estimate of drug-likeness (QED) is 0.791. The lowest BCUT2D eigenvalue weighted by Crippen LogP contribution is -2.40. The zero-order chi connectivity index (χ0) is 16.9. The monoisotopic (exact) mass is 335 g/mol. The largest absolute Gasteiger partial charge is 0.387 e. The Morgan fingerprint density at radius 3 is 2.41 bits per heavy atom. The Kier molecular flexibility index (Phi) is 6.90. The van der Waals surface area contributed by atoms with Gasteiger partial charge in [-0.05, 0) is 19.5 Å². The molecule has 0 aromatic heterocycles. The fraction of sp³-hybridized carbons (Fsp3) is 0.600. The summed E-state index contributed by atoms with van der Waals surface area (Å²) in [5, 5.41) is 10.1. The fourth-order valence-electron chi connectivity index (χ4n) is 2.30. The van der Waals surface area contributed by atoms with Gasteiger partial charge in [0.1, 0.15) is 11.6 Å². The molecule has 22 heavy (non-hydrogen) atoms. The molecule has 0 fully saturated rings. The van der Waals surface area contributed by atoms with Gasteiger partial charge in [-0.25, -0.2) is 17.2 Å². The Labute approximate surface area is 130 Å². The molecule has 0 aliphatic carbocycles. The van der Waals surface area contributed by atoms with Gasteiger partial charge in [0.05, 0.1) is 11.9 Å². The van der Waals surface area contributed by atoms with Crippen LogP contribution in [0.15, 0.2) is 18.2 Å². The van der Waals surface area contributed by atoms with E-state index in [-0.39, 0.29) is 29.7 Å². The molecule has 0 bridgehead atoms. The molecule has 0 heterocycles. The van der Waals surface area contributed by atoms with Crippen LogP contribution in [0.5, 0.6) is 0 Å². The highest BCUT2D eigenvalue weighted by Crippen LogP contribution is 2.20. The van der Waals surface area contributed by atoms with Crippen molar-refractivity contribution in [3.63, 3.8) is 0 Å². The number of sulfone groups is 1. The summed E-state index contributed by atoms with van der Waals surface area (Å²) in [5.41, 5.74) is 0.00500. The summed E-state index contributed by atoms with van der Waals surface area (Å²) < 4.78 is 49.9. The summed E-state index contributed by atoms with van der Waals surface area (Å²) in [4.78, 5) is 1.76. The highest BCUT2D eigenvalue weighted by molar-refractivity contribution is 7.91. The predicted molar refractivity (Wildman–Crippen MR) is 82.4 cm³/mol. The summed E-state index contributed by atoms with van der Waals surface area (Å²) >= 11 is 0. The third-order valence-corrected chi connectivity index (χ3v) is 5.56. The van der Waals surface area contributed by atoms with E-state index in [4.69, 9.17) is 0 Å². The van der Waals surface area contributed by atoms with Gasteiger partial charge in [0.15, 0.2) is 9.84 Å². The van der Waals surface area contributed by atoms with Gasteiger partial charge in [0, 0.05) is 30.0 Å². The SMILES string of the molecule is CCN(CC(O)c1ccc(F)cc1F)C(C)CS(=O)(=O)CC. The van der Waals surface area contributed by atoms with E-state index in [9.17, 15) is 22.3 Å². The van der Waals surface area contributed by atoms with Gasteiger partial charge in [0.2, 0.25) is 0 Å². The summed E-state index contributed by atoms with van der Waals surface area (Å²) in [7, 11) is -3.14. The van der Waals surface area contributed by atoms with Gasteiger partial charge in [-0.15, -0.1) is 0 Å². The third kappa shape index (κ3) is 5.30. The topological polar surface area (TPSA) is 57.6 Å². The Bertz CT molecular complexity index is 592. The fourth-order valence-corrected chi connectivity index (χ4v) is 3.49. The molecule has 0 amide bonds. The average molecular weight is 335 g/mol. The molecular weight excluding hydrogens is 312 g/mol. The Morgan fingerprint density at radius 2 is 1.91 bits per heavy atom. The minimum absolute atomic E-state index is 0.00500. The van der Waals surface area contributed by atoms with Crippen molar-refractivity contribution >= 4 is 9.84 Å². The second kappa shape index (κ2) is 7.99. The van der Waals surface area contributed by atoms with E-state index in [0.29, 0.717) is 6.54 Å². The number of aliphatic hydroxyl groups is 1. The molecule has 1 N–H and O–H groups in total. The van der Waals surface area contributed by atoms with Gasteiger partial charge >= 0.3 is 0 Å². The number of nitrogens with zero attached hydrogens (tertiary/aromatic N) is 1. The van der Waals surface area contributed by atoms with Crippen LogP contribution in [-0.2, 0) is 9.84 Å². The highest BCUT2D eigenvalue weighted by Gasteiger charge is 2.23. The van der Waals surface area contributed by atoms with E-state index in [1.165, 1.54) is 6.07 Å². The molecule has 0 aliphatic rings. The molecule has 4 nitrogen and oxygen atoms in total. The van der Waals surface area contributed by atoms with Crippen LogP contribution >= 0.6 is 0 Å². The molecule has 0 aliphatic heterocycles. The second-order valence-electron chi connectivity index (χ2n) is 5.32. The lowest BCUT2D eigenvalue weighted by molar-refractivity contribution is 0.0970. The maximum atomic E-state index is 13.7. The smallest absolute Gasteiger partial charge is 0.151 e. The van der Waals surface area contributed by atoms with E-state index >= 15 is 0 Å². The summed E-state index contributed by atoms with van der Waals surface area (Å²) in [6.45, 7) is 5.77. The molecule has 2 unspecified atom stereocenters. The summed E-state index contributed by atoms with van der Waals surface area (Å²) in [6, 6.07) is 2.72. The van der Waals surface area contributed by atoms with Gasteiger partial charge in [-0.1, -0.05) is 19.9 Å². The van der Waals surface area contributed by atoms with Crippen LogP contribution in [0.4, 0.5) is 8.78 Å². The molecule has 0 radical (unpaired) electrons. The van der Waals surface area contributed by atoms with Crippen LogP contribution in [0.2, 0.25) is 0 Å². The third-order valence-electron chi connectivity index (χ3n) is 3.69. The van der Waals surface area contributed by atoms with Gasteiger partial charge in [-0.3, -0.25) is 4.90 Å². The van der Waals surface area contributed by atoms with Crippen LogP contribution < -0.4 is 0 Å². The second-order valence-corrected chi connectivity index (χ2v) is 7.71. The zero-order valence-corrected chi connectivity index (χ0v) is 13.9. The minimum atomic E-state index is -3.14. The average Bonchev–Trinajstić information content (AvgIpc) is 2.43. The maximum absolute atomic E-state index is 13.7. The molecule has 1 rings (SSSR count). The molecule has 1 aromatic rings. The van der Waals surface area contributed by atoms with E-state index in [0.717, 1.165) is 12.1 Å². The van der Waals surface area contributed by atoms with Crippen molar-refractivity contribution in [2.24, 2.45) is 0 Å². The number of hydrogen-bond acceptors (Lipinski definition) is 4.